The van der Waals surface area contributed by atoms with Crippen molar-refractivity contribution in [2.45, 2.75) is 19.4 Å². The van der Waals surface area contributed by atoms with E-state index in [4.69, 9.17) is 14.2 Å². The van der Waals surface area contributed by atoms with Gasteiger partial charge in [0, 0.05) is 19.2 Å². The van der Waals surface area contributed by atoms with E-state index < -0.39 is 0 Å². The highest BCUT2D eigenvalue weighted by Crippen LogP contribution is 2.19. The maximum atomic E-state index is 5.77. The molecule has 2 aromatic rings. The van der Waals surface area contributed by atoms with E-state index in [1.807, 2.05) is 49.5 Å². The van der Waals surface area contributed by atoms with Crippen LogP contribution < -0.4 is 14.8 Å². The van der Waals surface area contributed by atoms with Crippen LogP contribution in [0.1, 0.15) is 18.4 Å². The SMILES string of the molecule is CNCCOc1cccc(OCCCCOCc2ccccc2)c1. The van der Waals surface area contributed by atoms with Crippen LogP contribution in [-0.2, 0) is 11.3 Å². The Morgan fingerprint density at radius 3 is 2.25 bits per heavy atom. The van der Waals surface area contributed by atoms with Crippen LogP contribution in [-0.4, -0.2) is 33.4 Å². The number of nitrogens with one attached hydrogen (secondary N) is 1. The predicted octanol–water partition coefficient (Wildman–Crippen LogP) is 3.66. The summed E-state index contributed by atoms with van der Waals surface area (Å²) >= 11 is 0. The number of unbranched alkanes of at least 4 members (excludes halogenated alkanes) is 1. The number of rotatable bonds is 12. The van der Waals surface area contributed by atoms with E-state index in [1.54, 1.807) is 0 Å². The van der Waals surface area contributed by atoms with Crippen molar-refractivity contribution in [3.8, 4) is 11.5 Å². The molecule has 0 heterocycles. The maximum Gasteiger partial charge on any atom is 0.123 e. The van der Waals surface area contributed by atoms with Gasteiger partial charge >= 0.3 is 0 Å². The lowest BCUT2D eigenvalue weighted by molar-refractivity contribution is 0.113. The number of likely N-dealkylation sites (N-methyl/N-ethyl adjacent to an activating group) is 1. The first-order valence-electron chi connectivity index (χ1n) is 8.50. The summed E-state index contributed by atoms with van der Waals surface area (Å²) in [7, 11) is 1.91. The monoisotopic (exact) mass is 329 g/mol. The van der Waals surface area contributed by atoms with Gasteiger partial charge in [0.1, 0.15) is 18.1 Å². The fraction of sp³-hybridized carbons (Fsp3) is 0.400. The third-order valence-electron chi connectivity index (χ3n) is 3.49. The summed E-state index contributed by atoms with van der Waals surface area (Å²) < 4.78 is 17.1. The molecule has 0 saturated heterocycles. The second-order valence-corrected chi connectivity index (χ2v) is 5.52. The standard InChI is InChI=1S/C20H27NO3/c1-21-12-15-24-20-11-7-10-19(16-20)23-14-6-5-13-22-17-18-8-3-2-4-9-18/h2-4,7-11,16,21H,5-6,12-15,17H2,1H3. The van der Waals surface area contributed by atoms with Crippen molar-refractivity contribution >= 4 is 0 Å². The lowest BCUT2D eigenvalue weighted by Gasteiger charge is -2.09. The molecule has 0 atom stereocenters. The first-order chi connectivity index (χ1) is 11.9. The van der Waals surface area contributed by atoms with Crippen molar-refractivity contribution < 1.29 is 14.2 Å². The molecule has 0 aromatic heterocycles. The second kappa shape index (κ2) is 11.5. The lowest BCUT2D eigenvalue weighted by atomic mass is 10.2. The largest absolute Gasteiger partial charge is 0.493 e. The molecule has 4 nitrogen and oxygen atoms in total. The molecule has 24 heavy (non-hydrogen) atoms. The topological polar surface area (TPSA) is 39.7 Å². The number of hydrogen-bond acceptors (Lipinski definition) is 4. The zero-order chi connectivity index (χ0) is 16.9. The summed E-state index contributed by atoms with van der Waals surface area (Å²) in [5, 5.41) is 3.05. The Balaban J connectivity index is 1.54. The Hall–Kier alpha value is -2.04. The van der Waals surface area contributed by atoms with Gasteiger partial charge in [0.25, 0.3) is 0 Å². The molecule has 2 rings (SSSR count). The summed E-state index contributed by atoms with van der Waals surface area (Å²) in [5.74, 6) is 1.69. The van der Waals surface area contributed by atoms with Gasteiger partial charge in [-0.25, -0.2) is 0 Å². The van der Waals surface area contributed by atoms with Crippen molar-refractivity contribution in [1.29, 1.82) is 0 Å². The summed E-state index contributed by atoms with van der Waals surface area (Å²) in [4.78, 5) is 0. The first kappa shape index (κ1) is 18.3. The molecule has 130 valence electrons. The van der Waals surface area contributed by atoms with Crippen molar-refractivity contribution in [3.63, 3.8) is 0 Å². The Bertz CT molecular complexity index is 560. The molecule has 0 bridgehead atoms. The van der Waals surface area contributed by atoms with Crippen molar-refractivity contribution in [1.82, 2.24) is 5.32 Å². The van der Waals surface area contributed by atoms with E-state index in [-0.39, 0.29) is 0 Å². The van der Waals surface area contributed by atoms with E-state index in [0.29, 0.717) is 19.8 Å². The van der Waals surface area contributed by atoms with E-state index in [2.05, 4.69) is 17.4 Å². The summed E-state index contributed by atoms with van der Waals surface area (Å²) in [6.45, 7) is 3.60. The summed E-state index contributed by atoms with van der Waals surface area (Å²) in [6.07, 6.45) is 1.96. The average molecular weight is 329 g/mol. The van der Waals surface area contributed by atoms with Crippen LogP contribution in [0, 0.1) is 0 Å². The molecule has 4 heteroatoms. The van der Waals surface area contributed by atoms with E-state index >= 15 is 0 Å². The zero-order valence-electron chi connectivity index (χ0n) is 14.4. The van der Waals surface area contributed by atoms with Crippen LogP contribution in [0.2, 0.25) is 0 Å². The molecule has 0 radical (unpaired) electrons. The highest BCUT2D eigenvalue weighted by Gasteiger charge is 1.98. The number of hydrogen-bond donors (Lipinski definition) is 1. The van der Waals surface area contributed by atoms with Crippen molar-refractivity contribution in [2.24, 2.45) is 0 Å². The van der Waals surface area contributed by atoms with Crippen LogP contribution >= 0.6 is 0 Å². The molecule has 0 aliphatic heterocycles. The minimum absolute atomic E-state index is 0.651. The van der Waals surface area contributed by atoms with Gasteiger partial charge in [-0.3, -0.25) is 0 Å². The number of ether oxygens (including phenoxy) is 3. The molecule has 0 saturated carbocycles. The molecular weight excluding hydrogens is 302 g/mol. The highest BCUT2D eigenvalue weighted by atomic mass is 16.5. The average Bonchev–Trinajstić information content (AvgIpc) is 2.62. The Morgan fingerprint density at radius 1 is 0.792 bits per heavy atom. The van der Waals surface area contributed by atoms with E-state index in [1.165, 1.54) is 5.56 Å². The van der Waals surface area contributed by atoms with Crippen LogP contribution in [0.5, 0.6) is 11.5 Å². The molecule has 0 aliphatic carbocycles. The zero-order valence-corrected chi connectivity index (χ0v) is 14.4. The van der Waals surface area contributed by atoms with Crippen LogP contribution in [0.3, 0.4) is 0 Å². The molecule has 0 unspecified atom stereocenters. The molecule has 2 aromatic carbocycles. The smallest absolute Gasteiger partial charge is 0.123 e. The van der Waals surface area contributed by atoms with Gasteiger partial charge in [0.2, 0.25) is 0 Å². The molecule has 0 aliphatic rings. The van der Waals surface area contributed by atoms with Gasteiger partial charge in [0.05, 0.1) is 13.2 Å². The van der Waals surface area contributed by atoms with Gasteiger partial charge in [0.15, 0.2) is 0 Å². The van der Waals surface area contributed by atoms with E-state index in [9.17, 15) is 0 Å². The minimum Gasteiger partial charge on any atom is -0.493 e. The Kier molecular flexibility index (Phi) is 8.76. The van der Waals surface area contributed by atoms with Crippen LogP contribution in [0.4, 0.5) is 0 Å². The minimum atomic E-state index is 0.651. The molecule has 0 fully saturated rings. The third kappa shape index (κ3) is 7.49. The quantitative estimate of drug-likeness (QED) is 0.603. The van der Waals surface area contributed by atoms with Crippen molar-refractivity contribution in [2.75, 3.05) is 33.4 Å². The lowest BCUT2D eigenvalue weighted by Crippen LogP contribution is -2.15. The van der Waals surface area contributed by atoms with Gasteiger partial charge in [-0.2, -0.15) is 0 Å². The van der Waals surface area contributed by atoms with Crippen LogP contribution in [0.15, 0.2) is 54.6 Å². The molecular formula is C20H27NO3. The Labute approximate surface area is 144 Å². The molecule has 1 N–H and O–H groups in total. The highest BCUT2D eigenvalue weighted by molar-refractivity contribution is 5.32. The number of benzene rings is 2. The van der Waals surface area contributed by atoms with Gasteiger partial charge in [-0.15, -0.1) is 0 Å². The first-order valence-corrected chi connectivity index (χ1v) is 8.50. The summed E-state index contributed by atoms with van der Waals surface area (Å²) in [5.41, 5.74) is 1.21. The summed E-state index contributed by atoms with van der Waals surface area (Å²) in [6, 6.07) is 18.0. The van der Waals surface area contributed by atoms with Gasteiger partial charge in [-0.1, -0.05) is 36.4 Å². The van der Waals surface area contributed by atoms with Crippen molar-refractivity contribution in [3.05, 3.63) is 60.2 Å². The normalized spacial score (nSPS) is 10.5. The Morgan fingerprint density at radius 2 is 1.50 bits per heavy atom. The fourth-order valence-electron chi connectivity index (χ4n) is 2.19. The van der Waals surface area contributed by atoms with E-state index in [0.717, 1.165) is 37.5 Å². The third-order valence-corrected chi connectivity index (χ3v) is 3.49. The fourth-order valence-corrected chi connectivity index (χ4v) is 2.19. The second-order valence-electron chi connectivity index (χ2n) is 5.52. The van der Waals surface area contributed by atoms with Gasteiger partial charge < -0.3 is 19.5 Å². The predicted molar refractivity (Wildman–Crippen MR) is 96.7 cm³/mol. The molecule has 0 spiro atoms. The molecule has 0 amide bonds. The maximum absolute atomic E-state index is 5.77. The van der Waals surface area contributed by atoms with Crippen LogP contribution in [0.25, 0.3) is 0 Å². The van der Waals surface area contributed by atoms with Gasteiger partial charge in [-0.05, 0) is 37.6 Å².